The zero-order valence-electron chi connectivity index (χ0n) is 15.4. The minimum atomic E-state index is -0.668. The molecule has 5 nitrogen and oxygen atoms in total. The number of allylic oxidation sites excluding steroid dienone is 2. The van der Waals surface area contributed by atoms with Crippen molar-refractivity contribution in [3.63, 3.8) is 0 Å². The molecule has 0 amide bonds. The average Bonchev–Trinajstić information content (AvgIpc) is 2.59. The lowest BCUT2D eigenvalue weighted by atomic mass is 9.90. The SMILES string of the molecule is CCOC(=O)/C=C(C)/C=C(\C)[C@H](C)[C@H](O)c1ccc(OCCO)cc1. The number of benzene rings is 1. The van der Waals surface area contributed by atoms with Crippen LogP contribution in [-0.2, 0) is 9.53 Å². The van der Waals surface area contributed by atoms with E-state index < -0.39 is 6.10 Å². The molecule has 0 aromatic heterocycles. The summed E-state index contributed by atoms with van der Waals surface area (Å²) in [7, 11) is 0. The number of rotatable bonds is 9. The molecule has 0 saturated heterocycles. The van der Waals surface area contributed by atoms with Crippen LogP contribution in [0.2, 0.25) is 0 Å². The summed E-state index contributed by atoms with van der Waals surface area (Å²) in [4.78, 5) is 11.5. The number of aliphatic hydroxyl groups is 2. The van der Waals surface area contributed by atoms with E-state index in [0.29, 0.717) is 12.4 Å². The van der Waals surface area contributed by atoms with Crippen LogP contribution < -0.4 is 4.74 Å². The number of carbonyl (C=O) groups excluding carboxylic acids is 1. The highest BCUT2D eigenvalue weighted by atomic mass is 16.5. The van der Waals surface area contributed by atoms with E-state index in [1.165, 1.54) is 6.08 Å². The molecule has 0 unspecified atom stereocenters. The van der Waals surface area contributed by atoms with E-state index in [1.54, 1.807) is 19.1 Å². The van der Waals surface area contributed by atoms with E-state index in [4.69, 9.17) is 14.6 Å². The van der Waals surface area contributed by atoms with Gasteiger partial charge in [-0.05, 0) is 44.0 Å². The van der Waals surface area contributed by atoms with Crippen molar-refractivity contribution in [1.82, 2.24) is 0 Å². The van der Waals surface area contributed by atoms with Gasteiger partial charge in [-0.2, -0.15) is 0 Å². The molecule has 0 aliphatic carbocycles. The van der Waals surface area contributed by atoms with Crippen molar-refractivity contribution in [2.75, 3.05) is 19.8 Å². The predicted octanol–water partition coefficient (Wildman–Crippen LogP) is 3.18. The number of esters is 1. The smallest absolute Gasteiger partial charge is 0.330 e. The maximum Gasteiger partial charge on any atom is 0.330 e. The number of carbonyl (C=O) groups is 1. The van der Waals surface area contributed by atoms with Crippen LogP contribution in [0.1, 0.15) is 39.4 Å². The van der Waals surface area contributed by atoms with Crippen LogP contribution in [0.25, 0.3) is 0 Å². The monoisotopic (exact) mass is 348 g/mol. The lowest BCUT2D eigenvalue weighted by Crippen LogP contribution is -2.11. The Kier molecular flexibility index (Phi) is 8.95. The summed E-state index contributed by atoms with van der Waals surface area (Å²) in [5, 5.41) is 19.3. The van der Waals surface area contributed by atoms with Crippen molar-refractivity contribution < 1.29 is 24.5 Å². The second-order valence-electron chi connectivity index (χ2n) is 5.90. The third kappa shape index (κ3) is 7.11. The fraction of sp³-hybridized carbons (Fsp3) is 0.450. The Morgan fingerprint density at radius 3 is 2.40 bits per heavy atom. The van der Waals surface area contributed by atoms with Crippen molar-refractivity contribution in [2.24, 2.45) is 5.92 Å². The summed E-state index contributed by atoms with van der Waals surface area (Å²) in [6.07, 6.45) is 2.65. The van der Waals surface area contributed by atoms with Crippen LogP contribution >= 0.6 is 0 Å². The molecule has 0 radical (unpaired) electrons. The maximum absolute atomic E-state index is 11.5. The normalized spacial score (nSPS) is 14.8. The maximum atomic E-state index is 11.5. The van der Waals surface area contributed by atoms with E-state index in [2.05, 4.69) is 0 Å². The molecule has 1 aromatic rings. The second kappa shape index (κ2) is 10.7. The summed E-state index contributed by atoms with van der Waals surface area (Å²) in [6, 6.07) is 7.16. The average molecular weight is 348 g/mol. The molecule has 25 heavy (non-hydrogen) atoms. The Bertz CT molecular complexity index is 601. The summed E-state index contributed by atoms with van der Waals surface area (Å²) < 4.78 is 10.2. The molecule has 138 valence electrons. The molecule has 2 atom stereocenters. The van der Waals surface area contributed by atoms with Crippen molar-refractivity contribution in [3.8, 4) is 5.75 Å². The topological polar surface area (TPSA) is 76.0 Å². The first-order valence-corrected chi connectivity index (χ1v) is 8.44. The van der Waals surface area contributed by atoms with Crippen LogP contribution in [0.5, 0.6) is 5.75 Å². The fourth-order valence-corrected chi connectivity index (χ4v) is 2.36. The molecular formula is C20H28O5. The summed E-state index contributed by atoms with van der Waals surface area (Å²) >= 11 is 0. The molecule has 0 fully saturated rings. The van der Waals surface area contributed by atoms with Gasteiger partial charge in [0.05, 0.1) is 19.3 Å². The van der Waals surface area contributed by atoms with Gasteiger partial charge in [-0.3, -0.25) is 0 Å². The van der Waals surface area contributed by atoms with Gasteiger partial charge >= 0.3 is 5.97 Å². The van der Waals surface area contributed by atoms with Crippen LogP contribution in [0, 0.1) is 5.92 Å². The summed E-state index contributed by atoms with van der Waals surface area (Å²) in [5.74, 6) is 0.170. The minimum Gasteiger partial charge on any atom is -0.491 e. The second-order valence-corrected chi connectivity index (χ2v) is 5.90. The van der Waals surface area contributed by atoms with Crippen LogP contribution in [0.4, 0.5) is 0 Å². The van der Waals surface area contributed by atoms with Gasteiger partial charge in [0.15, 0.2) is 0 Å². The van der Waals surface area contributed by atoms with Crippen molar-refractivity contribution in [3.05, 3.63) is 53.1 Å². The number of hydrogen-bond donors (Lipinski definition) is 2. The summed E-state index contributed by atoms with van der Waals surface area (Å²) in [5.41, 5.74) is 2.53. The molecule has 2 N–H and O–H groups in total. The first-order valence-electron chi connectivity index (χ1n) is 8.44. The van der Waals surface area contributed by atoms with Gasteiger partial charge in [0.25, 0.3) is 0 Å². The molecular weight excluding hydrogens is 320 g/mol. The van der Waals surface area contributed by atoms with E-state index >= 15 is 0 Å². The highest BCUT2D eigenvalue weighted by Gasteiger charge is 2.18. The third-order valence-electron chi connectivity index (χ3n) is 3.86. The van der Waals surface area contributed by atoms with Crippen molar-refractivity contribution in [1.29, 1.82) is 0 Å². The van der Waals surface area contributed by atoms with Crippen LogP contribution in [-0.4, -0.2) is 36.0 Å². The number of hydrogen-bond acceptors (Lipinski definition) is 5. The van der Waals surface area contributed by atoms with Crippen molar-refractivity contribution >= 4 is 5.97 Å². The number of aliphatic hydroxyl groups excluding tert-OH is 2. The van der Waals surface area contributed by atoms with E-state index in [0.717, 1.165) is 16.7 Å². The lowest BCUT2D eigenvalue weighted by Gasteiger charge is -2.20. The minimum absolute atomic E-state index is 0.0376. The molecule has 0 aliphatic rings. The number of ether oxygens (including phenoxy) is 2. The molecule has 0 spiro atoms. The molecule has 0 heterocycles. The molecule has 0 saturated carbocycles. The van der Waals surface area contributed by atoms with E-state index in [-0.39, 0.29) is 25.1 Å². The Morgan fingerprint density at radius 1 is 1.20 bits per heavy atom. The molecule has 5 heteroatoms. The van der Waals surface area contributed by atoms with Gasteiger partial charge in [-0.1, -0.05) is 30.7 Å². The largest absolute Gasteiger partial charge is 0.491 e. The quantitative estimate of drug-likeness (QED) is 0.407. The van der Waals surface area contributed by atoms with Gasteiger partial charge in [-0.25, -0.2) is 4.79 Å². The first-order chi connectivity index (χ1) is 11.9. The zero-order chi connectivity index (χ0) is 18.8. The molecule has 1 rings (SSSR count). The van der Waals surface area contributed by atoms with E-state index in [1.807, 2.05) is 39.0 Å². The van der Waals surface area contributed by atoms with Gasteiger partial charge in [0.2, 0.25) is 0 Å². The predicted molar refractivity (Wildman–Crippen MR) is 97.3 cm³/mol. The molecule has 1 aromatic carbocycles. The lowest BCUT2D eigenvalue weighted by molar-refractivity contribution is -0.137. The Morgan fingerprint density at radius 2 is 1.84 bits per heavy atom. The Hall–Kier alpha value is -2.11. The van der Waals surface area contributed by atoms with Crippen LogP contribution in [0.15, 0.2) is 47.6 Å². The van der Waals surface area contributed by atoms with Gasteiger partial charge in [0, 0.05) is 12.0 Å². The summed E-state index contributed by atoms with van der Waals surface area (Å²) in [6.45, 7) is 8.00. The highest BCUT2D eigenvalue weighted by Crippen LogP contribution is 2.29. The van der Waals surface area contributed by atoms with E-state index in [9.17, 15) is 9.90 Å². The zero-order valence-corrected chi connectivity index (χ0v) is 15.4. The highest BCUT2D eigenvalue weighted by molar-refractivity contribution is 5.83. The van der Waals surface area contributed by atoms with Gasteiger partial charge in [0.1, 0.15) is 12.4 Å². The Balaban J connectivity index is 2.78. The standard InChI is InChI=1S/C20H28O5/c1-5-24-19(22)13-14(2)12-15(3)16(4)20(23)17-6-8-18(9-7-17)25-11-10-21/h6-9,12-13,16,20-21,23H,5,10-11H2,1-4H3/b14-13+,15-12+/t16-,20-/m0/s1. The molecule has 0 aliphatic heterocycles. The fourth-order valence-electron chi connectivity index (χ4n) is 2.36. The first kappa shape index (κ1) is 20.9. The van der Waals surface area contributed by atoms with Gasteiger partial charge in [-0.15, -0.1) is 0 Å². The van der Waals surface area contributed by atoms with Gasteiger partial charge < -0.3 is 19.7 Å². The van der Waals surface area contributed by atoms with Crippen molar-refractivity contribution in [2.45, 2.75) is 33.8 Å². The Labute approximate surface area is 149 Å². The third-order valence-corrected chi connectivity index (χ3v) is 3.86. The molecule has 0 bridgehead atoms. The van der Waals surface area contributed by atoms with Crippen LogP contribution in [0.3, 0.4) is 0 Å².